The predicted octanol–water partition coefficient (Wildman–Crippen LogP) is 4.61. The lowest BCUT2D eigenvalue weighted by molar-refractivity contribution is -0.143. The van der Waals surface area contributed by atoms with Crippen molar-refractivity contribution in [1.82, 2.24) is 10.4 Å². The first-order valence-electron chi connectivity index (χ1n) is 12.0. The highest BCUT2D eigenvalue weighted by atomic mass is 35.5. The molecule has 1 spiro atoms. The molecular formula is C27H23Cl2FN4O4. The van der Waals surface area contributed by atoms with E-state index in [0.717, 1.165) is 5.06 Å². The maximum Gasteiger partial charge on any atom is 0.337 e. The summed E-state index contributed by atoms with van der Waals surface area (Å²) in [7, 11) is 1.28. The fourth-order valence-electron chi connectivity index (χ4n) is 6.36. The van der Waals surface area contributed by atoms with Crippen LogP contribution in [0.3, 0.4) is 0 Å². The van der Waals surface area contributed by atoms with Gasteiger partial charge in [-0.05, 0) is 53.9 Å². The van der Waals surface area contributed by atoms with Gasteiger partial charge in [-0.25, -0.2) is 9.18 Å². The molecular weight excluding hydrogens is 534 g/mol. The minimum Gasteiger partial charge on any atom is -0.465 e. The number of methoxy groups -OCH3 is 1. The Morgan fingerprint density at radius 2 is 1.97 bits per heavy atom. The number of hydrogen-bond donors (Lipinski definition) is 4. The molecule has 0 radical (unpaired) electrons. The number of anilines is 2. The standard InChI is InChI=1S/C27H23Cl2FN4O4/c1-38-25(35)12-5-8-18(31)15(9-12)21-11-20-24(34(21)37)22(14-3-2-4-17(29)23(14)30)27(33-20)16-7-6-13(28)10-19(16)32-26(27)36/h2-10,20-22,24,33,37H,11,31H2,1H3,(H,32,36)/t20-,21?,22-,24?,27+/m0/s1. The van der Waals surface area contributed by atoms with Crippen molar-refractivity contribution in [2.75, 3.05) is 18.2 Å². The van der Waals surface area contributed by atoms with E-state index in [1.165, 1.54) is 13.2 Å². The lowest BCUT2D eigenvalue weighted by atomic mass is 9.74. The monoisotopic (exact) mass is 556 g/mol. The molecule has 3 aliphatic rings. The normalized spacial score (nSPS) is 27.9. The molecule has 0 saturated carbocycles. The van der Waals surface area contributed by atoms with Crippen molar-refractivity contribution < 1.29 is 23.9 Å². The Labute approximate surface area is 227 Å². The van der Waals surface area contributed by atoms with Crippen LogP contribution in [0.4, 0.5) is 15.8 Å². The lowest BCUT2D eigenvalue weighted by Crippen LogP contribution is -2.50. The molecule has 38 heavy (non-hydrogen) atoms. The molecule has 3 heterocycles. The predicted molar refractivity (Wildman–Crippen MR) is 140 cm³/mol. The quantitative estimate of drug-likeness (QED) is 0.275. The zero-order valence-electron chi connectivity index (χ0n) is 20.0. The van der Waals surface area contributed by atoms with Crippen LogP contribution in [-0.4, -0.2) is 41.3 Å². The average molecular weight is 557 g/mol. The topological polar surface area (TPSA) is 117 Å². The molecule has 11 heteroatoms. The van der Waals surface area contributed by atoms with Gasteiger partial charge in [-0.3, -0.25) is 10.1 Å². The summed E-state index contributed by atoms with van der Waals surface area (Å²) >= 11 is 12.4. The molecule has 1 amide bonds. The number of nitrogens with zero attached hydrogens (tertiary/aromatic N) is 1. The maximum absolute atomic E-state index is 15.6. The van der Waals surface area contributed by atoms with Crippen LogP contribution < -0.4 is 16.4 Å². The molecule has 2 fully saturated rings. The van der Waals surface area contributed by atoms with Gasteiger partial charge in [-0.1, -0.05) is 41.4 Å². The summed E-state index contributed by atoms with van der Waals surface area (Å²) < 4.78 is 20.5. The first-order valence-corrected chi connectivity index (χ1v) is 12.7. The van der Waals surface area contributed by atoms with Crippen LogP contribution in [0.25, 0.3) is 0 Å². The molecule has 2 saturated heterocycles. The molecule has 2 unspecified atom stereocenters. The van der Waals surface area contributed by atoms with Crippen LogP contribution in [0.2, 0.25) is 10.0 Å². The molecule has 0 bridgehead atoms. The summed E-state index contributed by atoms with van der Waals surface area (Å²) in [6.07, 6.45) is 0.326. The number of nitrogens with two attached hydrogens (primary N) is 1. The number of nitrogen functional groups attached to an aromatic ring is 1. The Kier molecular flexibility index (Phi) is 5.89. The number of fused-ring (bicyclic) bond motifs is 3. The number of benzene rings is 3. The number of hydroxylamine groups is 2. The maximum atomic E-state index is 15.6. The summed E-state index contributed by atoms with van der Waals surface area (Å²) in [6, 6.07) is 12.5. The van der Waals surface area contributed by atoms with Gasteiger partial charge in [0.2, 0.25) is 5.91 Å². The molecule has 5 atom stereocenters. The van der Waals surface area contributed by atoms with Crippen LogP contribution >= 0.6 is 23.2 Å². The van der Waals surface area contributed by atoms with Crippen molar-refractivity contribution in [3.8, 4) is 0 Å². The van der Waals surface area contributed by atoms with Crippen LogP contribution in [0.5, 0.6) is 0 Å². The number of ether oxygens (including phenoxy) is 1. The molecule has 3 aromatic carbocycles. The van der Waals surface area contributed by atoms with Gasteiger partial charge < -0.3 is 21.0 Å². The van der Waals surface area contributed by atoms with Gasteiger partial charge in [0, 0.05) is 33.9 Å². The summed E-state index contributed by atoms with van der Waals surface area (Å²) in [5.74, 6) is -2.47. The van der Waals surface area contributed by atoms with E-state index in [9.17, 15) is 14.8 Å². The van der Waals surface area contributed by atoms with E-state index < -0.39 is 41.4 Å². The highest BCUT2D eigenvalue weighted by Crippen LogP contribution is 2.58. The fraction of sp³-hybridized carbons (Fsp3) is 0.259. The highest BCUT2D eigenvalue weighted by molar-refractivity contribution is 6.31. The smallest absolute Gasteiger partial charge is 0.337 e. The second-order valence-electron chi connectivity index (χ2n) is 9.78. The Bertz CT molecular complexity index is 1500. The van der Waals surface area contributed by atoms with Gasteiger partial charge in [-0.15, -0.1) is 0 Å². The zero-order chi connectivity index (χ0) is 26.9. The SMILES string of the molecule is COC(=O)c1ccc(N)c(C2C[C@@H]3N[C@@]4(C(=O)Nc5cc(Cl)ccc54)[C@@H](c4cccc(Cl)c4F)C3N2O)c1. The highest BCUT2D eigenvalue weighted by Gasteiger charge is 2.66. The number of esters is 1. The molecule has 5 N–H and O–H groups in total. The molecule has 8 nitrogen and oxygen atoms in total. The Hall–Kier alpha value is -3.21. The van der Waals surface area contributed by atoms with E-state index in [0.29, 0.717) is 33.9 Å². The number of amides is 1. The summed E-state index contributed by atoms with van der Waals surface area (Å²) in [6.45, 7) is 0. The molecule has 0 aromatic heterocycles. The van der Waals surface area contributed by atoms with Crippen LogP contribution in [0, 0.1) is 5.82 Å². The zero-order valence-corrected chi connectivity index (χ0v) is 21.6. The summed E-state index contributed by atoms with van der Waals surface area (Å²) in [4.78, 5) is 25.9. The van der Waals surface area contributed by atoms with E-state index in [1.807, 2.05) is 0 Å². The third-order valence-corrected chi connectivity index (χ3v) is 8.46. The van der Waals surface area contributed by atoms with Gasteiger partial charge in [0.25, 0.3) is 0 Å². The van der Waals surface area contributed by atoms with Crippen molar-refractivity contribution >= 4 is 46.5 Å². The molecule has 3 aliphatic heterocycles. The van der Waals surface area contributed by atoms with E-state index in [-0.39, 0.29) is 22.1 Å². The first kappa shape index (κ1) is 25.1. The number of rotatable bonds is 3. The van der Waals surface area contributed by atoms with Crippen molar-refractivity contribution in [1.29, 1.82) is 0 Å². The van der Waals surface area contributed by atoms with E-state index in [1.54, 1.807) is 48.5 Å². The third-order valence-electron chi connectivity index (χ3n) is 7.93. The van der Waals surface area contributed by atoms with Gasteiger partial charge in [0.15, 0.2) is 0 Å². The Balaban J connectivity index is 1.50. The minimum atomic E-state index is -1.40. The molecule has 6 rings (SSSR count). The van der Waals surface area contributed by atoms with Crippen molar-refractivity contribution in [2.24, 2.45) is 0 Å². The number of hydrogen-bond acceptors (Lipinski definition) is 7. The first-order chi connectivity index (χ1) is 18.2. The Morgan fingerprint density at radius 1 is 1.18 bits per heavy atom. The van der Waals surface area contributed by atoms with Crippen LogP contribution in [0.1, 0.15) is 45.4 Å². The van der Waals surface area contributed by atoms with E-state index in [4.69, 9.17) is 33.7 Å². The second kappa shape index (κ2) is 8.93. The summed E-state index contributed by atoms with van der Waals surface area (Å²) in [5.41, 5.74) is 7.35. The van der Waals surface area contributed by atoms with Gasteiger partial charge in [0.1, 0.15) is 11.4 Å². The van der Waals surface area contributed by atoms with Gasteiger partial charge in [-0.2, -0.15) is 5.06 Å². The number of carbonyl (C=O) groups is 2. The lowest BCUT2D eigenvalue weighted by Gasteiger charge is -2.36. The molecule has 0 aliphatic carbocycles. The molecule has 196 valence electrons. The fourth-order valence-corrected chi connectivity index (χ4v) is 6.72. The average Bonchev–Trinajstić information content (AvgIpc) is 3.49. The van der Waals surface area contributed by atoms with E-state index >= 15 is 4.39 Å². The van der Waals surface area contributed by atoms with Crippen molar-refractivity contribution in [2.45, 2.75) is 36.0 Å². The van der Waals surface area contributed by atoms with Crippen LogP contribution in [0.15, 0.2) is 54.6 Å². The van der Waals surface area contributed by atoms with Crippen molar-refractivity contribution in [3.05, 3.63) is 92.7 Å². The number of nitrogens with one attached hydrogen (secondary N) is 2. The minimum absolute atomic E-state index is 0.0927. The molecule has 3 aromatic rings. The third kappa shape index (κ3) is 3.47. The number of carbonyl (C=O) groups excluding carboxylic acids is 2. The second-order valence-corrected chi connectivity index (χ2v) is 10.6. The van der Waals surface area contributed by atoms with Gasteiger partial charge in [0.05, 0.1) is 29.8 Å². The number of halogens is 3. The van der Waals surface area contributed by atoms with Gasteiger partial charge >= 0.3 is 5.97 Å². The summed E-state index contributed by atoms with van der Waals surface area (Å²) in [5, 5.41) is 19.4. The van der Waals surface area contributed by atoms with Crippen LogP contribution in [-0.2, 0) is 15.1 Å². The van der Waals surface area contributed by atoms with E-state index in [2.05, 4.69) is 10.6 Å². The Morgan fingerprint density at radius 3 is 2.74 bits per heavy atom. The van der Waals surface area contributed by atoms with Crippen molar-refractivity contribution in [3.63, 3.8) is 0 Å². The largest absolute Gasteiger partial charge is 0.465 e.